The van der Waals surface area contributed by atoms with E-state index in [1.807, 2.05) is 12.1 Å². The van der Waals surface area contributed by atoms with E-state index < -0.39 is 0 Å². The molecule has 10 aromatic carbocycles. The van der Waals surface area contributed by atoms with Gasteiger partial charge in [0, 0.05) is 38.6 Å². The highest BCUT2D eigenvalue weighted by Crippen LogP contribution is 2.69. The molecule has 3 nitrogen and oxygen atoms in total. The van der Waals surface area contributed by atoms with E-state index in [0.717, 1.165) is 40.3 Å². The van der Waals surface area contributed by atoms with Crippen molar-refractivity contribution in [3.05, 3.63) is 211 Å². The molecule has 0 N–H and O–H groups in total. The molecule has 0 radical (unpaired) electrons. The monoisotopic (exact) mass is 819 g/mol. The molecule has 0 unspecified atom stereocenters. The molecule has 0 aliphatic heterocycles. The third-order valence-electron chi connectivity index (χ3n) is 16.2. The third kappa shape index (κ3) is 4.97. The Hall–Kier alpha value is -7.41. The van der Waals surface area contributed by atoms with Crippen LogP contribution in [-0.2, 0) is 5.41 Å². The molecule has 4 saturated carbocycles. The first-order chi connectivity index (χ1) is 31.7. The molecule has 10 aromatic rings. The Balaban J connectivity index is 0.999. The van der Waals surface area contributed by atoms with E-state index in [1.54, 1.807) is 11.1 Å². The van der Waals surface area contributed by atoms with Crippen molar-refractivity contribution in [2.75, 3.05) is 9.80 Å². The molecule has 0 amide bonds. The maximum Gasteiger partial charge on any atom is 0.187 e. The van der Waals surface area contributed by atoms with Crippen molar-refractivity contribution in [2.45, 2.75) is 37.5 Å². The average molecular weight is 820 g/mol. The number of hydrogen-bond donors (Lipinski definition) is 0. The molecule has 0 aromatic heterocycles. The summed E-state index contributed by atoms with van der Waals surface area (Å²) in [6, 6.07) is 69.8. The lowest BCUT2D eigenvalue weighted by molar-refractivity contribution is -0.0399. The third-order valence-corrected chi connectivity index (χ3v) is 16.2. The number of para-hydroxylation sites is 1. The van der Waals surface area contributed by atoms with Crippen LogP contribution < -0.4 is 9.80 Å². The number of nitrogens with zero attached hydrogens (tertiary/aromatic N) is 3. The molecule has 5 aliphatic carbocycles. The molecule has 64 heavy (non-hydrogen) atoms. The normalized spacial score (nSPS) is 21.5. The Labute approximate surface area is 374 Å². The summed E-state index contributed by atoms with van der Waals surface area (Å²) in [5.74, 6) is 3.13. The molecule has 1 spiro atoms. The number of fused-ring (bicyclic) bond motifs is 4. The average Bonchev–Trinajstić information content (AvgIpc) is 3.63. The van der Waals surface area contributed by atoms with Crippen LogP contribution in [0.5, 0.6) is 0 Å². The van der Waals surface area contributed by atoms with Gasteiger partial charge in [0.25, 0.3) is 0 Å². The molecule has 5 aliphatic rings. The van der Waals surface area contributed by atoms with Crippen LogP contribution in [0, 0.1) is 30.2 Å². The Bertz CT molecular complexity index is 3510. The lowest BCUT2D eigenvalue weighted by Gasteiger charge is -2.61. The highest BCUT2D eigenvalue weighted by atomic mass is 15.2. The minimum atomic E-state index is 0.0583. The van der Waals surface area contributed by atoms with Gasteiger partial charge in [-0.25, -0.2) is 4.85 Å². The lowest BCUT2D eigenvalue weighted by Crippen LogP contribution is -2.55. The summed E-state index contributed by atoms with van der Waals surface area (Å²) in [5, 5.41) is 9.87. The first kappa shape index (κ1) is 36.1. The van der Waals surface area contributed by atoms with Gasteiger partial charge < -0.3 is 9.80 Å². The van der Waals surface area contributed by atoms with Gasteiger partial charge >= 0.3 is 0 Å². The molecule has 0 atom stereocenters. The van der Waals surface area contributed by atoms with Crippen LogP contribution >= 0.6 is 0 Å². The quantitative estimate of drug-likeness (QED) is 0.122. The molecule has 0 saturated heterocycles. The number of hydrogen-bond acceptors (Lipinski definition) is 2. The van der Waals surface area contributed by atoms with Gasteiger partial charge in [0.05, 0.1) is 23.6 Å². The van der Waals surface area contributed by atoms with E-state index in [2.05, 4.69) is 191 Å². The summed E-state index contributed by atoms with van der Waals surface area (Å²) in [4.78, 5) is 8.73. The zero-order chi connectivity index (χ0) is 42.1. The van der Waals surface area contributed by atoms with Crippen molar-refractivity contribution >= 4 is 82.9 Å². The first-order valence-corrected chi connectivity index (χ1v) is 23.2. The van der Waals surface area contributed by atoms with E-state index >= 15 is 0 Å². The second-order valence-electron chi connectivity index (χ2n) is 19.2. The summed E-state index contributed by atoms with van der Waals surface area (Å²) < 4.78 is 0. The SMILES string of the molecule is [C-]#[N+]c1ccc(N(c2ccc3c(c2)C2(c4ccccc4-3)C3CC4CC(C3)CC2C4)c2ccc3ccc4c(N(c5ccccc5)c5cccc6ccccc56)ccc5ccc2c3c54)cc1. The predicted octanol–water partition coefficient (Wildman–Crippen LogP) is 17.0. The minimum Gasteiger partial charge on any atom is -0.310 e. The molecule has 304 valence electrons. The number of benzene rings is 10. The van der Waals surface area contributed by atoms with Crippen LogP contribution in [-0.4, -0.2) is 0 Å². The van der Waals surface area contributed by atoms with Crippen LogP contribution in [0.1, 0.15) is 43.2 Å². The van der Waals surface area contributed by atoms with Gasteiger partial charge in [-0.05, 0) is 160 Å². The fourth-order valence-electron chi connectivity index (χ4n) is 13.9. The van der Waals surface area contributed by atoms with Crippen molar-refractivity contribution in [1.82, 2.24) is 0 Å². The fraction of sp³-hybridized carbons (Fsp3) is 0.164. The van der Waals surface area contributed by atoms with Crippen molar-refractivity contribution in [3.63, 3.8) is 0 Å². The van der Waals surface area contributed by atoms with E-state index in [4.69, 9.17) is 6.57 Å². The standard InChI is InChI=1S/C61H45N3/c1-62-45-22-24-47(25-23-45)63(48-26-29-51-50-15-7-8-16-54(50)61(55(51)37-48)43-33-38-32-39(35-43)36-44(61)34-38)57-30-20-41-19-28-53-58(31-21-42-18-27-52(57)59(41)60(42)53)64(46-12-3-2-4-13-46)56-17-9-11-40-10-5-6-14-49(40)56/h2-31,37-39,43-44H,32-36H2. The van der Waals surface area contributed by atoms with Crippen molar-refractivity contribution in [3.8, 4) is 11.1 Å². The topological polar surface area (TPSA) is 10.8 Å². The molecular weight excluding hydrogens is 775 g/mol. The van der Waals surface area contributed by atoms with Crippen molar-refractivity contribution in [1.29, 1.82) is 0 Å². The summed E-state index contributed by atoms with van der Waals surface area (Å²) in [6.07, 6.45) is 6.85. The Morgan fingerprint density at radius 2 is 0.969 bits per heavy atom. The molecule has 4 bridgehead atoms. The van der Waals surface area contributed by atoms with Gasteiger partial charge in [-0.2, -0.15) is 0 Å². The lowest BCUT2D eigenvalue weighted by atomic mass is 9.43. The van der Waals surface area contributed by atoms with E-state index in [0.29, 0.717) is 17.5 Å². The van der Waals surface area contributed by atoms with E-state index in [9.17, 15) is 0 Å². The zero-order valence-electron chi connectivity index (χ0n) is 35.6. The summed E-state index contributed by atoms with van der Waals surface area (Å²) in [6.45, 7) is 7.82. The predicted molar refractivity (Wildman–Crippen MR) is 267 cm³/mol. The van der Waals surface area contributed by atoms with Crippen LogP contribution in [0.15, 0.2) is 188 Å². The molecule has 3 heteroatoms. The van der Waals surface area contributed by atoms with Crippen LogP contribution in [0.4, 0.5) is 39.8 Å². The minimum absolute atomic E-state index is 0.0583. The van der Waals surface area contributed by atoms with Gasteiger partial charge in [0.1, 0.15) is 0 Å². The maximum atomic E-state index is 7.82. The molecular formula is C61H45N3. The van der Waals surface area contributed by atoms with Crippen LogP contribution in [0.3, 0.4) is 0 Å². The van der Waals surface area contributed by atoms with Gasteiger partial charge in [0.15, 0.2) is 5.69 Å². The summed E-state index contributed by atoms with van der Waals surface area (Å²) in [5.41, 5.74) is 13.5. The summed E-state index contributed by atoms with van der Waals surface area (Å²) in [7, 11) is 0. The Morgan fingerprint density at radius 3 is 1.69 bits per heavy atom. The zero-order valence-corrected chi connectivity index (χ0v) is 35.6. The highest BCUT2D eigenvalue weighted by molar-refractivity contribution is 6.28. The molecule has 4 fully saturated rings. The highest BCUT2D eigenvalue weighted by Gasteiger charge is 2.61. The van der Waals surface area contributed by atoms with Crippen molar-refractivity contribution < 1.29 is 0 Å². The molecule has 0 heterocycles. The second-order valence-corrected chi connectivity index (χ2v) is 19.2. The number of rotatable bonds is 6. The first-order valence-electron chi connectivity index (χ1n) is 23.2. The maximum absolute atomic E-state index is 7.82. The summed E-state index contributed by atoms with van der Waals surface area (Å²) >= 11 is 0. The van der Waals surface area contributed by atoms with Gasteiger partial charge in [0.2, 0.25) is 0 Å². The number of anilines is 6. The van der Waals surface area contributed by atoms with Gasteiger partial charge in [-0.3, -0.25) is 0 Å². The largest absolute Gasteiger partial charge is 0.310 e. The fourth-order valence-corrected chi connectivity index (χ4v) is 13.9. The smallest absolute Gasteiger partial charge is 0.187 e. The Morgan fingerprint density at radius 1 is 0.406 bits per heavy atom. The Kier molecular flexibility index (Phi) is 7.64. The van der Waals surface area contributed by atoms with E-state index in [1.165, 1.54) is 92.0 Å². The van der Waals surface area contributed by atoms with Gasteiger partial charge in [-0.15, -0.1) is 0 Å². The molecule has 15 rings (SSSR count). The van der Waals surface area contributed by atoms with Crippen LogP contribution in [0.2, 0.25) is 0 Å². The van der Waals surface area contributed by atoms with E-state index in [-0.39, 0.29) is 5.41 Å². The van der Waals surface area contributed by atoms with Crippen molar-refractivity contribution in [2.24, 2.45) is 23.7 Å². The van der Waals surface area contributed by atoms with Gasteiger partial charge in [-0.1, -0.05) is 133 Å². The second kappa shape index (κ2) is 13.5. The van der Waals surface area contributed by atoms with Crippen LogP contribution in [0.25, 0.3) is 59.1 Å².